The third-order valence-corrected chi connectivity index (χ3v) is 4.03. The molecule has 1 aromatic carbocycles. The molecular formula is C10H8IN3S. The van der Waals surface area contributed by atoms with E-state index in [1.807, 2.05) is 24.3 Å². The Labute approximate surface area is 106 Å². The van der Waals surface area contributed by atoms with E-state index in [4.69, 9.17) is 5.73 Å². The molecule has 0 spiro atoms. The number of benzene rings is 1. The number of aromatic nitrogens is 2. The van der Waals surface area contributed by atoms with E-state index in [1.54, 1.807) is 24.3 Å². The molecule has 0 bridgehead atoms. The molecule has 1 aromatic heterocycles. The molecule has 0 atom stereocenters. The molecule has 0 amide bonds. The smallest absolute Gasteiger partial charge is 0.118 e. The van der Waals surface area contributed by atoms with Crippen molar-refractivity contribution in [3.8, 4) is 0 Å². The maximum absolute atomic E-state index is 5.85. The second kappa shape index (κ2) is 4.80. The summed E-state index contributed by atoms with van der Waals surface area (Å²) in [5, 5.41) is 0.934. The minimum Gasteiger partial charge on any atom is -0.398 e. The lowest BCUT2D eigenvalue weighted by molar-refractivity contribution is 1.02. The average molecular weight is 329 g/mol. The van der Waals surface area contributed by atoms with Crippen molar-refractivity contribution < 1.29 is 0 Å². The van der Waals surface area contributed by atoms with Crippen LogP contribution in [0.5, 0.6) is 0 Å². The van der Waals surface area contributed by atoms with Gasteiger partial charge in [-0.1, -0.05) is 23.9 Å². The summed E-state index contributed by atoms with van der Waals surface area (Å²) in [5.41, 5.74) is 6.63. The van der Waals surface area contributed by atoms with Crippen molar-refractivity contribution in [2.45, 2.75) is 9.92 Å². The molecule has 1 heterocycles. The summed E-state index contributed by atoms with van der Waals surface area (Å²) in [6, 6.07) is 7.76. The van der Waals surface area contributed by atoms with Gasteiger partial charge >= 0.3 is 0 Å². The molecule has 0 aliphatic heterocycles. The van der Waals surface area contributed by atoms with E-state index in [1.165, 1.54) is 0 Å². The van der Waals surface area contributed by atoms with E-state index in [9.17, 15) is 0 Å². The minimum absolute atomic E-state index is 0.775. The van der Waals surface area contributed by atoms with E-state index in [2.05, 4.69) is 32.6 Å². The zero-order chi connectivity index (χ0) is 10.7. The zero-order valence-electron chi connectivity index (χ0n) is 7.72. The molecule has 5 heteroatoms. The van der Waals surface area contributed by atoms with Crippen LogP contribution in [0.2, 0.25) is 0 Å². The zero-order valence-corrected chi connectivity index (χ0v) is 10.7. The van der Waals surface area contributed by atoms with Crippen LogP contribution in [-0.4, -0.2) is 9.97 Å². The van der Waals surface area contributed by atoms with Crippen molar-refractivity contribution in [2.24, 2.45) is 0 Å². The topological polar surface area (TPSA) is 51.8 Å². The van der Waals surface area contributed by atoms with Gasteiger partial charge in [0.25, 0.3) is 0 Å². The number of rotatable bonds is 2. The van der Waals surface area contributed by atoms with Crippen molar-refractivity contribution in [3.63, 3.8) is 0 Å². The van der Waals surface area contributed by atoms with Gasteiger partial charge in [-0.3, -0.25) is 0 Å². The van der Waals surface area contributed by atoms with E-state index < -0.39 is 0 Å². The van der Waals surface area contributed by atoms with Gasteiger partial charge in [0.2, 0.25) is 0 Å². The lowest BCUT2D eigenvalue weighted by Crippen LogP contribution is -1.90. The van der Waals surface area contributed by atoms with Crippen molar-refractivity contribution in [1.82, 2.24) is 9.97 Å². The molecule has 0 aliphatic rings. The average Bonchev–Trinajstić information content (AvgIpc) is 2.24. The SMILES string of the molecule is Nc1ccccc1Sc1ncncc1I. The van der Waals surface area contributed by atoms with Gasteiger partial charge in [-0.25, -0.2) is 9.97 Å². The second-order valence-electron chi connectivity index (χ2n) is 2.82. The fourth-order valence-corrected chi connectivity index (χ4v) is 2.48. The number of nitrogens with zero attached hydrogens (tertiary/aromatic N) is 2. The summed E-state index contributed by atoms with van der Waals surface area (Å²) in [4.78, 5) is 9.17. The van der Waals surface area contributed by atoms with Gasteiger partial charge in [0, 0.05) is 16.8 Å². The van der Waals surface area contributed by atoms with E-state index in [0.717, 1.165) is 19.2 Å². The van der Waals surface area contributed by atoms with Gasteiger partial charge in [0.1, 0.15) is 11.4 Å². The molecule has 2 N–H and O–H groups in total. The lowest BCUT2D eigenvalue weighted by atomic mass is 10.3. The largest absolute Gasteiger partial charge is 0.398 e. The summed E-state index contributed by atoms with van der Waals surface area (Å²) in [7, 11) is 0. The summed E-state index contributed by atoms with van der Waals surface area (Å²) < 4.78 is 1.03. The Hall–Kier alpha value is -0.820. The molecule has 15 heavy (non-hydrogen) atoms. The maximum Gasteiger partial charge on any atom is 0.118 e. The first kappa shape index (κ1) is 10.7. The quantitative estimate of drug-likeness (QED) is 0.523. The van der Waals surface area contributed by atoms with Gasteiger partial charge in [-0.05, 0) is 34.7 Å². The van der Waals surface area contributed by atoms with Crippen LogP contribution in [0.25, 0.3) is 0 Å². The first-order chi connectivity index (χ1) is 7.27. The molecule has 2 aromatic rings. The summed E-state index contributed by atoms with van der Waals surface area (Å²) in [6.07, 6.45) is 3.33. The van der Waals surface area contributed by atoms with E-state index >= 15 is 0 Å². The highest BCUT2D eigenvalue weighted by Crippen LogP contribution is 2.32. The molecule has 0 saturated carbocycles. The van der Waals surface area contributed by atoms with Gasteiger partial charge in [-0.15, -0.1) is 0 Å². The molecular weight excluding hydrogens is 321 g/mol. The van der Waals surface area contributed by atoms with E-state index in [-0.39, 0.29) is 0 Å². The Morgan fingerprint density at radius 3 is 2.80 bits per heavy atom. The van der Waals surface area contributed by atoms with Gasteiger partial charge < -0.3 is 5.73 Å². The standard InChI is InChI=1S/C10H8IN3S/c11-7-5-13-6-14-10(7)15-9-4-2-1-3-8(9)12/h1-6H,12H2. The number of anilines is 1. The van der Waals surface area contributed by atoms with Crippen LogP contribution in [0.1, 0.15) is 0 Å². The molecule has 0 fully saturated rings. The summed E-state index contributed by atoms with van der Waals surface area (Å²) in [6.45, 7) is 0. The number of hydrogen-bond donors (Lipinski definition) is 1. The first-order valence-corrected chi connectivity index (χ1v) is 6.15. The highest BCUT2D eigenvalue weighted by Gasteiger charge is 2.05. The maximum atomic E-state index is 5.85. The third-order valence-electron chi connectivity index (χ3n) is 1.76. The van der Waals surface area contributed by atoms with Crippen molar-refractivity contribution in [2.75, 3.05) is 5.73 Å². The van der Waals surface area contributed by atoms with Crippen LogP contribution >= 0.6 is 34.4 Å². The normalized spacial score (nSPS) is 10.2. The van der Waals surface area contributed by atoms with E-state index in [0.29, 0.717) is 0 Å². The monoisotopic (exact) mass is 329 g/mol. The van der Waals surface area contributed by atoms with Gasteiger partial charge in [-0.2, -0.15) is 0 Å². The number of nitrogens with two attached hydrogens (primary N) is 1. The molecule has 0 aliphatic carbocycles. The molecule has 3 nitrogen and oxygen atoms in total. The molecule has 76 valence electrons. The number of para-hydroxylation sites is 1. The fraction of sp³-hybridized carbons (Fsp3) is 0. The predicted molar refractivity (Wildman–Crippen MR) is 69.7 cm³/mol. The third kappa shape index (κ3) is 2.60. The predicted octanol–water partition coefficient (Wildman–Crippen LogP) is 2.81. The number of hydrogen-bond acceptors (Lipinski definition) is 4. The molecule has 0 saturated heterocycles. The highest BCUT2D eigenvalue weighted by molar-refractivity contribution is 14.1. The summed E-state index contributed by atoms with van der Waals surface area (Å²) >= 11 is 3.77. The second-order valence-corrected chi connectivity index (χ2v) is 5.01. The Morgan fingerprint density at radius 2 is 2.07 bits per heavy atom. The van der Waals surface area contributed by atoms with Crippen LogP contribution in [-0.2, 0) is 0 Å². The lowest BCUT2D eigenvalue weighted by Gasteiger charge is -2.04. The summed E-state index contributed by atoms with van der Waals surface area (Å²) in [5.74, 6) is 0. The first-order valence-electron chi connectivity index (χ1n) is 4.25. The van der Waals surface area contributed by atoms with Crippen LogP contribution in [0.3, 0.4) is 0 Å². The molecule has 0 unspecified atom stereocenters. The Balaban J connectivity index is 2.30. The van der Waals surface area contributed by atoms with Crippen LogP contribution in [0.15, 0.2) is 46.7 Å². The highest BCUT2D eigenvalue weighted by atomic mass is 127. The Kier molecular flexibility index (Phi) is 3.42. The number of nitrogen functional groups attached to an aromatic ring is 1. The molecule has 0 radical (unpaired) electrons. The van der Waals surface area contributed by atoms with Crippen molar-refractivity contribution in [3.05, 3.63) is 40.4 Å². The Bertz CT molecular complexity index is 432. The van der Waals surface area contributed by atoms with Gasteiger partial charge in [0.05, 0.1) is 3.57 Å². The Morgan fingerprint density at radius 1 is 1.27 bits per heavy atom. The van der Waals surface area contributed by atoms with Crippen LogP contribution < -0.4 is 5.73 Å². The van der Waals surface area contributed by atoms with Crippen molar-refractivity contribution in [1.29, 1.82) is 0 Å². The number of halogens is 1. The minimum atomic E-state index is 0.775. The van der Waals surface area contributed by atoms with Crippen LogP contribution in [0.4, 0.5) is 5.69 Å². The van der Waals surface area contributed by atoms with Crippen LogP contribution in [0, 0.1) is 3.57 Å². The molecule has 2 rings (SSSR count). The van der Waals surface area contributed by atoms with Crippen molar-refractivity contribution >= 4 is 40.0 Å². The van der Waals surface area contributed by atoms with Gasteiger partial charge in [0.15, 0.2) is 0 Å². The fourth-order valence-electron chi connectivity index (χ4n) is 1.05.